The monoisotopic (exact) mass is 364 g/mol. The van der Waals surface area contributed by atoms with Gasteiger partial charge in [-0.15, -0.1) is 23.5 Å². The number of β-lactam (4-membered cyclic amide) rings is 1. The van der Waals surface area contributed by atoms with Crippen molar-refractivity contribution in [3.8, 4) is 0 Å². The van der Waals surface area contributed by atoms with Gasteiger partial charge in [-0.25, -0.2) is 4.79 Å². The van der Waals surface area contributed by atoms with E-state index < -0.39 is 12.0 Å². The van der Waals surface area contributed by atoms with Gasteiger partial charge in [0.2, 0.25) is 5.91 Å². The average molecular weight is 364 g/mol. The number of carboxylic acids is 1. The highest BCUT2D eigenvalue weighted by Crippen LogP contribution is 2.40. The van der Waals surface area contributed by atoms with Crippen molar-refractivity contribution in [2.24, 2.45) is 0 Å². The predicted molar refractivity (Wildman–Crippen MR) is 92.5 cm³/mol. The summed E-state index contributed by atoms with van der Waals surface area (Å²) in [5.74, 6) is -1.51. The van der Waals surface area contributed by atoms with Gasteiger partial charge in [-0.3, -0.25) is 14.5 Å². The Morgan fingerprint density at radius 1 is 1.33 bits per heavy atom. The molecule has 0 saturated carbocycles. The smallest absolute Gasteiger partial charge is 0.352 e. The molecule has 6 nitrogen and oxygen atoms in total. The molecule has 3 rings (SSSR count). The number of benzene rings is 1. The lowest BCUT2D eigenvalue weighted by Gasteiger charge is -2.49. The van der Waals surface area contributed by atoms with Crippen molar-refractivity contribution in [3.63, 3.8) is 0 Å². The number of thioether (sulfide) groups is 2. The van der Waals surface area contributed by atoms with Crippen molar-refractivity contribution in [1.82, 2.24) is 10.2 Å². The highest BCUT2D eigenvalue weighted by Gasteiger charge is 2.53. The summed E-state index contributed by atoms with van der Waals surface area (Å²) in [5.41, 5.74) is 0.000379. The molecule has 0 aliphatic carbocycles. The second kappa shape index (κ2) is 6.90. The number of nitrogens with zero attached hydrogens (tertiary/aromatic N) is 1. The first-order valence-corrected chi connectivity index (χ1v) is 9.31. The molecule has 1 aromatic rings. The minimum absolute atomic E-state index is 0.000379. The molecular weight excluding hydrogens is 348 g/mol. The maximum Gasteiger partial charge on any atom is 0.352 e. The predicted octanol–water partition coefficient (Wildman–Crippen LogP) is 1.54. The normalized spacial score (nSPS) is 25.4. The minimum Gasteiger partial charge on any atom is -0.477 e. The Kier molecular flexibility index (Phi) is 4.86. The Labute approximate surface area is 147 Å². The number of carbonyl (C=O) groups excluding carboxylic acids is 2. The van der Waals surface area contributed by atoms with Crippen LogP contribution in [0.25, 0.3) is 0 Å². The van der Waals surface area contributed by atoms with Crippen molar-refractivity contribution in [1.29, 1.82) is 0 Å². The van der Waals surface area contributed by atoms with Crippen LogP contribution in [-0.2, 0) is 14.4 Å². The summed E-state index contributed by atoms with van der Waals surface area (Å²) in [6.45, 7) is 1.87. The van der Waals surface area contributed by atoms with E-state index in [1.807, 2.05) is 37.3 Å². The van der Waals surface area contributed by atoms with Gasteiger partial charge in [0.05, 0.1) is 5.75 Å². The first kappa shape index (κ1) is 16.9. The zero-order chi connectivity index (χ0) is 17.3. The molecule has 2 N–H and O–H groups in total. The number of hydrogen-bond acceptors (Lipinski definition) is 5. The molecule has 3 atom stereocenters. The molecule has 2 heterocycles. The van der Waals surface area contributed by atoms with Gasteiger partial charge >= 0.3 is 5.97 Å². The third-order valence-corrected chi connectivity index (χ3v) is 6.04. The van der Waals surface area contributed by atoms with Gasteiger partial charge < -0.3 is 10.4 Å². The molecule has 2 aliphatic heterocycles. The van der Waals surface area contributed by atoms with Crippen LogP contribution in [-0.4, -0.2) is 50.2 Å². The molecular formula is C16H16N2O4S2. The number of hydrogen-bond donors (Lipinski definition) is 2. The molecule has 24 heavy (non-hydrogen) atoms. The van der Waals surface area contributed by atoms with Crippen LogP contribution in [0.5, 0.6) is 0 Å². The molecule has 2 aliphatic rings. The van der Waals surface area contributed by atoms with Crippen LogP contribution in [0, 0.1) is 0 Å². The second-order valence-corrected chi connectivity index (χ2v) is 7.99. The number of carbonyl (C=O) groups is 3. The molecule has 0 spiro atoms. The van der Waals surface area contributed by atoms with Gasteiger partial charge in [-0.05, 0) is 25.1 Å². The van der Waals surface area contributed by atoms with Crippen LogP contribution in [0.15, 0.2) is 47.0 Å². The van der Waals surface area contributed by atoms with Crippen LogP contribution in [0.3, 0.4) is 0 Å². The Balaban J connectivity index is 1.59. The molecule has 0 aromatic heterocycles. The molecule has 1 fully saturated rings. The Bertz CT molecular complexity index is 707. The van der Waals surface area contributed by atoms with Crippen molar-refractivity contribution in [2.45, 2.75) is 28.5 Å². The zero-order valence-corrected chi connectivity index (χ0v) is 14.5. The van der Waals surface area contributed by atoms with E-state index in [1.165, 1.54) is 28.4 Å². The maximum absolute atomic E-state index is 12.2. The van der Waals surface area contributed by atoms with E-state index in [0.29, 0.717) is 0 Å². The van der Waals surface area contributed by atoms with E-state index >= 15 is 0 Å². The second-order valence-electron chi connectivity index (χ2n) is 5.44. The lowest BCUT2D eigenvalue weighted by molar-refractivity contribution is -0.150. The van der Waals surface area contributed by atoms with Crippen LogP contribution >= 0.6 is 23.5 Å². The zero-order valence-electron chi connectivity index (χ0n) is 12.8. The van der Waals surface area contributed by atoms with E-state index in [1.54, 1.807) is 6.08 Å². The number of amides is 2. The summed E-state index contributed by atoms with van der Waals surface area (Å²) >= 11 is 2.86. The van der Waals surface area contributed by atoms with Crippen molar-refractivity contribution >= 4 is 41.3 Å². The molecule has 0 bridgehead atoms. The molecule has 0 radical (unpaired) electrons. The Hall–Kier alpha value is -1.93. The van der Waals surface area contributed by atoms with Crippen LogP contribution in [0.2, 0.25) is 0 Å². The van der Waals surface area contributed by atoms with E-state index in [-0.39, 0.29) is 33.9 Å². The average Bonchev–Trinajstić information content (AvgIpc) is 2.57. The Morgan fingerprint density at radius 3 is 2.71 bits per heavy atom. The van der Waals surface area contributed by atoms with Crippen molar-refractivity contribution in [3.05, 3.63) is 42.1 Å². The van der Waals surface area contributed by atoms with E-state index in [2.05, 4.69) is 5.32 Å². The van der Waals surface area contributed by atoms with Gasteiger partial charge in [0, 0.05) is 10.1 Å². The third-order valence-electron chi connectivity index (χ3n) is 3.70. The summed E-state index contributed by atoms with van der Waals surface area (Å²) < 4.78 is 0. The largest absolute Gasteiger partial charge is 0.477 e. The maximum atomic E-state index is 12.2. The van der Waals surface area contributed by atoms with E-state index in [0.717, 1.165) is 4.90 Å². The Morgan fingerprint density at radius 2 is 2.04 bits per heavy atom. The molecule has 8 heteroatoms. The molecule has 1 saturated heterocycles. The summed E-state index contributed by atoms with van der Waals surface area (Å²) in [6.07, 6.45) is 1.56. The number of aliphatic carboxylic acids is 1. The highest BCUT2D eigenvalue weighted by molar-refractivity contribution is 8.00. The van der Waals surface area contributed by atoms with E-state index in [4.69, 9.17) is 0 Å². The third kappa shape index (κ3) is 3.29. The number of nitrogens with one attached hydrogen (secondary N) is 1. The quantitative estimate of drug-likeness (QED) is 0.609. The summed E-state index contributed by atoms with van der Waals surface area (Å²) in [7, 11) is 0. The SMILES string of the molecule is CC1C=C(C(=O)O)N2C(=O)C(NC(=O)CSc3ccccc3)[C@H]2S1. The van der Waals surface area contributed by atoms with Crippen molar-refractivity contribution < 1.29 is 19.5 Å². The number of rotatable bonds is 5. The van der Waals surface area contributed by atoms with E-state index in [9.17, 15) is 19.5 Å². The molecule has 126 valence electrons. The highest BCUT2D eigenvalue weighted by atomic mass is 32.2. The van der Waals surface area contributed by atoms with Gasteiger partial charge in [0.15, 0.2) is 0 Å². The first-order chi connectivity index (χ1) is 11.5. The van der Waals surface area contributed by atoms with Gasteiger partial charge in [0.25, 0.3) is 5.91 Å². The number of fused-ring (bicyclic) bond motifs is 1. The lowest BCUT2D eigenvalue weighted by atomic mass is 10.0. The van der Waals surface area contributed by atoms with Gasteiger partial charge in [-0.1, -0.05) is 18.2 Å². The van der Waals surface area contributed by atoms with Gasteiger partial charge in [0.1, 0.15) is 17.1 Å². The van der Waals surface area contributed by atoms with Crippen LogP contribution in [0.1, 0.15) is 6.92 Å². The topological polar surface area (TPSA) is 86.7 Å². The molecule has 2 unspecified atom stereocenters. The minimum atomic E-state index is -1.12. The fraction of sp³-hybridized carbons (Fsp3) is 0.312. The standard InChI is InChI=1S/C16H16N2O4S2/c1-9-7-11(16(21)22)18-14(20)13(15(18)24-9)17-12(19)8-23-10-5-3-2-4-6-10/h2-7,9,13,15H,8H2,1H3,(H,17,19)(H,21,22)/t9?,13?,15-/m1/s1. The van der Waals surface area contributed by atoms with Crippen LogP contribution in [0.4, 0.5) is 0 Å². The van der Waals surface area contributed by atoms with Crippen molar-refractivity contribution in [2.75, 3.05) is 5.75 Å². The molecule has 1 aromatic carbocycles. The fourth-order valence-electron chi connectivity index (χ4n) is 2.61. The summed E-state index contributed by atoms with van der Waals surface area (Å²) in [4.78, 5) is 37.8. The van der Waals surface area contributed by atoms with Crippen LogP contribution < -0.4 is 5.32 Å². The lowest BCUT2D eigenvalue weighted by Crippen LogP contribution is -2.70. The summed E-state index contributed by atoms with van der Waals surface area (Å²) in [6, 6.07) is 8.86. The first-order valence-electron chi connectivity index (χ1n) is 7.38. The summed E-state index contributed by atoms with van der Waals surface area (Å²) in [5, 5.41) is 11.6. The van der Waals surface area contributed by atoms with Gasteiger partial charge in [-0.2, -0.15) is 0 Å². The molecule has 2 amide bonds. The fourth-order valence-corrected chi connectivity index (χ4v) is 4.67. The number of carboxylic acid groups (broad SMARTS) is 1.